The van der Waals surface area contributed by atoms with Crippen LogP contribution < -0.4 is 0 Å². The standard InChI is InChI=1S/C18H23Br.C2H6/c1-13-10-15(12-16(19)11-13)18(5)8-6-14(7-9-18)17(2,3)4;1-2/h6-8,10-12H,9H2,1-5H3;1-2H3. The fourth-order valence-electron chi connectivity index (χ4n) is 2.57. The minimum absolute atomic E-state index is 0.114. The Hall–Kier alpha value is -0.820. The van der Waals surface area contributed by atoms with E-state index in [1.807, 2.05) is 13.8 Å². The summed E-state index contributed by atoms with van der Waals surface area (Å²) in [5.41, 5.74) is 4.50. The molecule has 0 heterocycles. The van der Waals surface area contributed by atoms with Crippen molar-refractivity contribution in [2.45, 2.75) is 60.3 Å². The lowest BCUT2D eigenvalue weighted by atomic mass is 9.72. The van der Waals surface area contributed by atoms with Gasteiger partial charge in [-0.1, -0.05) is 81.8 Å². The molecule has 1 heteroatoms. The first-order valence-electron chi connectivity index (χ1n) is 7.88. The van der Waals surface area contributed by atoms with Crippen LogP contribution in [-0.4, -0.2) is 0 Å². The summed E-state index contributed by atoms with van der Waals surface area (Å²) in [4.78, 5) is 0. The summed E-state index contributed by atoms with van der Waals surface area (Å²) >= 11 is 3.61. The molecule has 1 aliphatic carbocycles. The average molecular weight is 349 g/mol. The fraction of sp³-hybridized carbons (Fsp3) is 0.500. The lowest BCUT2D eigenvalue weighted by Crippen LogP contribution is -2.22. The van der Waals surface area contributed by atoms with E-state index in [2.05, 4.69) is 87.0 Å². The molecule has 0 saturated heterocycles. The Morgan fingerprint density at radius 1 is 1.10 bits per heavy atom. The molecule has 1 aliphatic rings. The third kappa shape index (κ3) is 4.57. The van der Waals surface area contributed by atoms with Crippen molar-refractivity contribution < 1.29 is 0 Å². The third-order valence-corrected chi connectivity index (χ3v) is 4.40. The second-order valence-electron chi connectivity index (χ2n) is 6.88. The highest BCUT2D eigenvalue weighted by molar-refractivity contribution is 9.10. The van der Waals surface area contributed by atoms with E-state index in [0.29, 0.717) is 0 Å². The van der Waals surface area contributed by atoms with Gasteiger partial charge in [0, 0.05) is 9.89 Å². The lowest BCUT2D eigenvalue weighted by Gasteiger charge is -2.32. The first-order chi connectivity index (χ1) is 9.71. The quantitative estimate of drug-likeness (QED) is 0.513. The van der Waals surface area contributed by atoms with Gasteiger partial charge in [-0.25, -0.2) is 0 Å². The van der Waals surface area contributed by atoms with Crippen LogP contribution in [0.15, 0.2) is 46.5 Å². The third-order valence-electron chi connectivity index (χ3n) is 3.94. The van der Waals surface area contributed by atoms with Gasteiger partial charge in [-0.2, -0.15) is 0 Å². The maximum absolute atomic E-state index is 3.61. The average Bonchev–Trinajstić information content (AvgIpc) is 2.39. The van der Waals surface area contributed by atoms with Gasteiger partial charge in [-0.05, 0) is 47.6 Å². The molecule has 0 fully saturated rings. The molecule has 0 saturated carbocycles. The highest BCUT2D eigenvalue weighted by Crippen LogP contribution is 2.39. The molecule has 21 heavy (non-hydrogen) atoms. The van der Waals surface area contributed by atoms with Gasteiger partial charge >= 0.3 is 0 Å². The van der Waals surface area contributed by atoms with Gasteiger partial charge in [0.05, 0.1) is 0 Å². The van der Waals surface area contributed by atoms with Gasteiger partial charge in [-0.15, -0.1) is 0 Å². The van der Waals surface area contributed by atoms with Crippen LogP contribution in [0, 0.1) is 12.3 Å². The van der Waals surface area contributed by atoms with Gasteiger partial charge in [0.1, 0.15) is 0 Å². The van der Waals surface area contributed by atoms with Crippen molar-refractivity contribution in [1.82, 2.24) is 0 Å². The van der Waals surface area contributed by atoms with Crippen molar-refractivity contribution in [1.29, 1.82) is 0 Å². The number of halogens is 1. The summed E-state index contributed by atoms with van der Waals surface area (Å²) in [5, 5.41) is 0. The summed E-state index contributed by atoms with van der Waals surface area (Å²) < 4.78 is 1.17. The number of rotatable bonds is 1. The highest BCUT2D eigenvalue weighted by Gasteiger charge is 2.27. The highest BCUT2D eigenvalue weighted by atomic mass is 79.9. The molecular formula is C20H29Br. The molecule has 116 valence electrons. The Bertz CT molecular complexity index is 523. The number of aryl methyl sites for hydroxylation is 1. The topological polar surface area (TPSA) is 0 Å². The molecule has 1 aromatic rings. The maximum Gasteiger partial charge on any atom is 0.0180 e. The second kappa shape index (κ2) is 6.96. The fourth-order valence-corrected chi connectivity index (χ4v) is 3.18. The van der Waals surface area contributed by atoms with Crippen molar-refractivity contribution in [3.05, 3.63) is 57.6 Å². The van der Waals surface area contributed by atoms with Crippen LogP contribution in [-0.2, 0) is 5.41 Å². The van der Waals surface area contributed by atoms with Gasteiger partial charge in [0.25, 0.3) is 0 Å². The van der Waals surface area contributed by atoms with Gasteiger partial charge in [0.2, 0.25) is 0 Å². The lowest BCUT2D eigenvalue weighted by molar-refractivity contribution is 0.497. The minimum atomic E-state index is 0.114. The summed E-state index contributed by atoms with van der Waals surface area (Å²) in [6.07, 6.45) is 8.15. The molecule has 2 rings (SSSR count). The first kappa shape index (κ1) is 18.2. The normalized spacial score (nSPS) is 21.4. The summed E-state index contributed by atoms with van der Waals surface area (Å²) in [7, 11) is 0. The Morgan fingerprint density at radius 2 is 1.71 bits per heavy atom. The van der Waals surface area contributed by atoms with Crippen molar-refractivity contribution in [2.24, 2.45) is 5.41 Å². The zero-order valence-corrected chi connectivity index (χ0v) is 16.1. The molecule has 1 atom stereocenters. The molecule has 0 radical (unpaired) electrons. The number of hydrogen-bond donors (Lipinski definition) is 0. The van der Waals surface area contributed by atoms with E-state index in [9.17, 15) is 0 Å². The molecule has 0 amide bonds. The predicted molar refractivity (Wildman–Crippen MR) is 98.9 cm³/mol. The van der Waals surface area contributed by atoms with E-state index in [1.165, 1.54) is 21.2 Å². The number of benzene rings is 1. The Morgan fingerprint density at radius 3 is 2.14 bits per heavy atom. The molecular weight excluding hydrogens is 320 g/mol. The smallest absolute Gasteiger partial charge is 0.0180 e. The van der Waals surface area contributed by atoms with Crippen molar-refractivity contribution >= 4 is 15.9 Å². The van der Waals surface area contributed by atoms with Crippen LogP contribution in [0.25, 0.3) is 0 Å². The van der Waals surface area contributed by atoms with Gasteiger partial charge in [0.15, 0.2) is 0 Å². The Kier molecular flexibility index (Phi) is 6.04. The van der Waals surface area contributed by atoms with Crippen LogP contribution in [0.5, 0.6) is 0 Å². The Labute approximate surface area is 139 Å². The van der Waals surface area contributed by atoms with Gasteiger partial charge in [-0.3, -0.25) is 0 Å². The molecule has 0 N–H and O–H groups in total. The predicted octanol–water partition coefficient (Wildman–Crippen LogP) is 6.97. The van der Waals surface area contributed by atoms with Crippen molar-refractivity contribution in [2.75, 3.05) is 0 Å². The molecule has 1 unspecified atom stereocenters. The van der Waals surface area contributed by atoms with Crippen molar-refractivity contribution in [3.63, 3.8) is 0 Å². The van der Waals surface area contributed by atoms with E-state index in [-0.39, 0.29) is 10.8 Å². The second-order valence-corrected chi connectivity index (χ2v) is 7.80. The number of allylic oxidation sites excluding steroid dienone is 4. The SMILES string of the molecule is CC.Cc1cc(Br)cc(C2(C)C=CC(C(C)(C)C)=CC2)c1. The Balaban J connectivity index is 0.00000106. The minimum Gasteiger partial charge on any atom is -0.0796 e. The largest absolute Gasteiger partial charge is 0.0796 e. The molecule has 0 bridgehead atoms. The van der Waals surface area contributed by atoms with E-state index in [0.717, 1.165) is 6.42 Å². The summed E-state index contributed by atoms with van der Waals surface area (Å²) in [5.74, 6) is 0. The van der Waals surface area contributed by atoms with Crippen LogP contribution >= 0.6 is 15.9 Å². The van der Waals surface area contributed by atoms with E-state index in [1.54, 1.807) is 0 Å². The van der Waals surface area contributed by atoms with Crippen LogP contribution in [0.2, 0.25) is 0 Å². The van der Waals surface area contributed by atoms with Crippen LogP contribution in [0.1, 0.15) is 59.1 Å². The molecule has 0 nitrogen and oxygen atoms in total. The first-order valence-corrected chi connectivity index (χ1v) is 8.68. The summed E-state index contributed by atoms with van der Waals surface area (Å²) in [6, 6.07) is 6.70. The maximum atomic E-state index is 3.61. The zero-order valence-electron chi connectivity index (χ0n) is 14.5. The molecule has 1 aromatic carbocycles. The number of hydrogen-bond acceptors (Lipinski definition) is 0. The van der Waals surface area contributed by atoms with Crippen molar-refractivity contribution in [3.8, 4) is 0 Å². The van der Waals surface area contributed by atoms with E-state index >= 15 is 0 Å². The molecule has 0 spiro atoms. The monoisotopic (exact) mass is 348 g/mol. The van der Waals surface area contributed by atoms with Crippen LogP contribution in [0.3, 0.4) is 0 Å². The van der Waals surface area contributed by atoms with E-state index < -0.39 is 0 Å². The van der Waals surface area contributed by atoms with E-state index in [4.69, 9.17) is 0 Å². The zero-order chi connectivity index (χ0) is 16.3. The summed E-state index contributed by atoms with van der Waals surface area (Å²) in [6.45, 7) is 15.3. The molecule has 0 aromatic heterocycles. The molecule has 0 aliphatic heterocycles. The van der Waals surface area contributed by atoms with Crippen LogP contribution in [0.4, 0.5) is 0 Å². The van der Waals surface area contributed by atoms with Gasteiger partial charge < -0.3 is 0 Å².